The lowest BCUT2D eigenvalue weighted by Crippen LogP contribution is -2.30. The quantitative estimate of drug-likeness (QED) is 0.0222. The van der Waals surface area contributed by atoms with E-state index in [2.05, 4.69) is 34.6 Å². The van der Waals surface area contributed by atoms with Crippen molar-refractivity contribution in [2.24, 2.45) is 5.92 Å². The van der Waals surface area contributed by atoms with Gasteiger partial charge in [-0.25, -0.2) is 9.13 Å². The molecule has 3 N–H and O–H groups in total. The average Bonchev–Trinajstić information content (AvgIpc) is 3.39. The van der Waals surface area contributed by atoms with Crippen molar-refractivity contribution in [3.05, 3.63) is 0 Å². The van der Waals surface area contributed by atoms with Crippen molar-refractivity contribution in [1.29, 1.82) is 0 Å². The van der Waals surface area contributed by atoms with Crippen molar-refractivity contribution in [3.63, 3.8) is 0 Å². The van der Waals surface area contributed by atoms with Crippen LogP contribution in [0.5, 0.6) is 0 Å². The largest absolute Gasteiger partial charge is 0.472 e. The van der Waals surface area contributed by atoms with Crippen molar-refractivity contribution in [1.82, 2.24) is 0 Å². The van der Waals surface area contributed by atoms with Gasteiger partial charge < -0.3 is 33.8 Å². The molecule has 0 bridgehead atoms. The van der Waals surface area contributed by atoms with Crippen molar-refractivity contribution in [2.75, 3.05) is 39.6 Å². The van der Waals surface area contributed by atoms with Crippen LogP contribution in [-0.4, -0.2) is 96.7 Å². The molecule has 0 aromatic rings. The first-order valence-electron chi connectivity index (χ1n) is 30.6. The van der Waals surface area contributed by atoms with Crippen LogP contribution in [0.15, 0.2) is 0 Å². The molecule has 0 aliphatic heterocycles. The van der Waals surface area contributed by atoms with E-state index in [9.17, 15) is 43.2 Å². The number of hydrogen-bond donors (Lipinski definition) is 3. The molecule has 456 valence electrons. The Bertz CT molecular complexity index is 1520. The van der Waals surface area contributed by atoms with Crippen LogP contribution in [0.25, 0.3) is 0 Å². The lowest BCUT2D eigenvalue weighted by molar-refractivity contribution is -0.161. The molecule has 2 unspecified atom stereocenters. The molecule has 0 heterocycles. The summed E-state index contributed by atoms with van der Waals surface area (Å²) < 4.78 is 67.4. The van der Waals surface area contributed by atoms with Crippen LogP contribution in [0, 0.1) is 5.92 Å². The topological polar surface area (TPSA) is 237 Å². The van der Waals surface area contributed by atoms with E-state index >= 15 is 0 Å². The van der Waals surface area contributed by atoms with Crippen molar-refractivity contribution >= 4 is 39.5 Å². The van der Waals surface area contributed by atoms with Gasteiger partial charge in [-0.2, -0.15) is 0 Å². The molecule has 77 heavy (non-hydrogen) atoms. The van der Waals surface area contributed by atoms with E-state index in [1.54, 1.807) is 0 Å². The fourth-order valence-corrected chi connectivity index (χ4v) is 10.1. The summed E-state index contributed by atoms with van der Waals surface area (Å²) >= 11 is 0. The van der Waals surface area contributed by atoms with Crippen LogP contribution in [-0.2, 0) is 65.4 Å². The fourth-order valence-electron chi connectivity index (χ4n) is 8.52. The summed E-state index contributed by atoms with van der Waals surface area (Å²) in [4.78, 5) is 71.6. The Hall–Kier alpha value is -1.94. The number of ether oxygens (including phenoxy) is 4. The first-order chi connectivity index (χ1) is 37.0. The molecule has 0 aliphatic rings. The first-order valence-corrected chi connectivity index (χ1v) is 33.6. The van der Waals surface area contributed by atoms with Gasteiger partial charge in [-0.05, 0) is 31.6 Å². The maximum atomic E-state index is 12.9. The molecule has 0 spiro atoms. The predicted octanol–water partition coefficient (Wildman–Crippen LogP) is 15.5. The number of aliphatic hydroxyl groups excluding tert-OH is 1. The third-order valence-electron chi connectivity index (χ3n) is 13.3. The average molecular weight is 1140 g/mol. The molecular weight excluding hydrogens is 1030 g/mol. The highest BCUT2D eigenvalue weighted by Gasteiger charge is 2.30. The SMILES string of the molecule is CCCCCCCCCC(=O)OC[C@H](COP(=O)(O)OC[C@H](O)COP(=O)(O)OC[C@@H](COC(=O)CCCCCCCCC)OC(=O)CCCCCCCCCCCCCCCC(C)C)OC(=O)CCCCCCCCC. The summed E-state index contributed by atoms with van der Waals surface area (Å²) in [7, 11) is -9.86. The van der Waals surface area contributed by atoms with Gasteiger partial charge in [0.15, 0.2) is 12.2 Å². The van der Waals surface area contributed by atoms with Crippen molar-refractivity contribution in [3.8, 4) is 0 Å². The monoisotopic (exact) mass is 1140 g/mol. The number of phosphoric acid groups is 2. The first kappa shape index (κ1) is 75.1. The van der Waals surface area contributed by atoms with Crippen LogP contribution in [0.1, 0.15) is 285 Å². The molecule has 0 saturated heterocycles. The third-order valence-corrected chi connectivity index (χ3v) is 15.2. The molecule has 0 aromatic heterocycles. The number of carbonyl (C=O) groups excluding carboxylic acids is 4. The van der Waals surface area contributed by atoms with Crippen LogP contribution in [0.4, 0.5) is 0 Å². The zero-order chi connectivity index (χ0) is 57.1. The van der Waals surface area contributed by atoms with Crippen molar-refractivity contribution in [2.45, 2.75) is 303 Å². The second-order valence-corrected chi connectivity index (χ2v) is 24.4. The number of aliphatic hydroxyl groups is 1. The number of carbonyl (C=O) groups is 4. The molecule has 19 heteroatoms. The lowest BCUT2D eigenvalue weighted by Gasteiger charge is -2.21. The zero-order valence-electron chi connectivity index (χ0n) is 49.1. The third kappa shape index (κ3) is 53.2. The standard InChI is InChI=1S/C58H112O17P2/c1-6-9-12-15-25-31-36-41-55(60)68-47-53(74-57(62)43-38-33-27-17-14-11-8-3)49-72-76(64,65)70-45-52(59)46-71-77(66,67)73-50-54(48-69-56(61)42-37-32-26-16-13-10-7-2)75-58(63)44-39-34-29-24-22-20-18-19-21-23-28-30-35-40-51(4)5/h51-54,59H,6-50H2,1-5H3,(H,64,65)(H,66,67)/t52-,53+,54+/m0/s1. The normalized spacial score (nSPS) is 14.4. The summed E-state index contributed by atoms with van der Waals surface area (Å²) in [6.45, 7) is 7.04. The Kier molecular flexibility index (Phi) is 50.8. The van der Waals surface area contributed by atoms with Gasteiger partial charge >= 0.3 is 39.5 Å². The minimum Gasteiger partial charge on any atom is -0.462 e. The highest BCUT2D eigenvalue weighted by molar-refractivity contribution is 7.47. The second-order valence-electron chi connectivity index (χ2n) is 21.5. The molecule has 0 fully saturated rings. The van der Waals surface area contributed by atoms with Gasteiger partial charge in [-0.3, -0.25) is 37.3 Å². The second kappa shape index (κ2) is 52.2. The highest BCUT2D eigenvalue weighted by Crippen LogP contribution is 2.45. The molecule has 0 aliphatic carbocycles. The molecular formula is C58H112O17P2. The van der Waals surface area contributed by atoms with Gasteiger partial charge in [0.05, 0.1) is 26.4 Å². The lowest BCUT2D eigenvalue weighted by atomic mass is 10.0. The highest BCUT2D eigenvalue weighted by atomic mass is 31.2. The molecule has 0 amide bonds. The maximum Gasteiger partial charge on any atom is 0.472 e. The van der Waals surface area contributed by atoms with Crippen molar-refractivity contribution < 1.29 is 80.2 Å². The summed E-state index contributed by atoms with van der Waals surface area (Å²) in [5.41, 5.74) is 0. The maximum absolute atomic E-state index is 12.9. The van der Waals surface area contributed by atoms with Crippen LogP contribution >= 0.6 is 15.6 Å². The molecule has 0 rings (SSSR count). The smallest absolute Gasteiger partial charge is 0.462 e. The Balaban J connectivity index is 5.12. The van der Waals surface area contributed by atoms with Crippen LogP contribution in [0.3, 0.4) is 0 Å². The Morgan fingerprint density at radius 2 is 0.597 bits per heavy atom. The summed E-state index contributed by atoms with van der Waals surface area (Å²) in [5, 5.41) is 10.5. The van der Waals surface area contributed by atoms with Gasteiger partial charge in [0.2, 0.25) is 0 Å². The van der Waals surface area contributed by atoms with Crippen LogP contribution in [0.2, 0.25) is 0 Å². The van der Waals surface area contributed by atoms with Crippen LogP contribution < -0.4 is 0 Å². The molecule has 0 aromatic carbocycles. The number of phosphoric ester groups is 2. The molecule has 5 atom stereocenters. The van der Waals surface area contributed by atoms with E-state index in [4.69, 9.17) is 37.0 Å². The number of hydrogen-bond acceptors (Lipinski definition) is 15. The van der Waals surface area contributed by atoms with Gasteiger partial charge in [0, 0.05) is 25.7 Å². The van der Waals surface area contributed by atoms with E-state index in [1.807, 2.05) is 0 Å². The van der Waals surface area contributed by atoms with E-state index in [-0.39, 0.29) is 25.7 Å². The Labute approximate surface area is 467 Å². The summed E-state index contributed by atoms with van der Waals surface area (Å²) in [6.07, 6.45) is 33.8. The van der Waals surface area contributed by atoms with Gasteiger partial charge in [0.1, 0.15) is 19.3 Å². The summed E-state index contributed by atoms with van der Waals surface area (Å²) in [5.74, 6) is -1.37. The molecule has 17 nitrogen and oxygen atoms in total. The summed E-state index contributed by atoms with van der Waals surface area (Å²) in [6, 6.07) is 0. The fraction of sp³-hybridized carbons (Fsp3) is 0.931. The van der Waals surface area contributed by atoms with E-state index in [1.165, 1.54) is 70.6 Å². The molecule has 0 radical (unpaired) electrons. The minimum absolute atomic E-state index is 0.103. The number of unbranched alkanes of at least 4 members (excludes halogenated alkanes) is 30. The van der Waals surface area contributed by atoms with Gasteiger partial charge in [0.25, 0.3) is 0 Å². The number of esters is 4. The Morgan fingerprint density at radius 1 is 0.351 bits per heavy atom. The Morgan fingerprint density at radius 3 is 0.883 bits per heavy atom. The van der Waals surface area contributed by atoms with E-state index < -0.39 is 97.5 Å². The predicted molar refractivity (Wildman–Crippen MR) is 303 cm³/mol. The number of rotatable bonds is 58. The van der Waals surface area contributed by atoms with E-state index in [0.29, 0.717) is 25.7 Å². The molecule has 0 saturated carbocycles. The van der Waals surface area contributed by atoms with Gasteiger partial charge in [-0.1, -0.05) is 234 Å². The van der Waals surface area contributed by atoms with Gasteiger partial charge in [-0.15, -0.1) is 0 Å². The minimum atomic E-state index is -4.93. The zero-order valence-corrected chi connectivity index (χ0v) is 50.9. The van der Waals surface area contributed by atoms with E-state index in [0.717, 1.165) is 134 Å².